The lowest BCUT2D eigenvalue weighted by Crippen LogP contribution is -1.93. The maximum atomic E-state index is 6.24. The molecule has 0 nitrogen and oxygen atoms in total. The summed E-state index contributed by atoms with van der Waals surface area (Å²) in [5.41, 5.74) is 6.46. The normalized spacial score (nSPS) is 10.8. The van der Waals surface area contributed by atoms with Crippen LogP contribution < -0.4 is 0 Å². The second kappa shape index (κ2) is 8.41. The highest BCUT2D eigenvalue weighted by Gasteiger charge is 2.07. The first-order valence-corrected chi connectivity index (χ1v) is 9.79. The van der Waals surface area contributed by atoms with Crippen LogP contribution in [0, 0.1) is 0 Å². The molecule has 122 valence electrons. The van der Waals surface area contributed by atoms with Gasteiger partial charge in [-0.15, -0.1) is 0 Å². The Hall–Kier alpha value is -1.70. The molecule has 3 aromatic rings. The van der Waals surface area contributed by atoms with E-state index in [0.717, 1.165) is 22.9 Å². The summed E-state index contributed by atoms with van der Waals surface area (Å²) in [7, 11) is 0. The van der Waals surface area contributed by atoms with E-state index in [1.165, 1.54) is 27.8 Å². The first-order chi connectivity index (χ1) is 11.8. The molecule has 3 aromatic carbocycles. The summed E-state index contributed by atoms with van der Waals surface area (Å²) < 4.78 is 0. The van der Waals surface area contributed by atoms with E-state index in [2.05, 4.69) is 67.6 Å². The van der Waals surface area contributed by atoms with Gasteiger partial charge in [-0.05, 0) is 52.1 Å². The highest BCUT2D eigenvalue weighted by Crippen LogP contribution is 2.29. The van der Waals surface area contributed by atoms with Crippen molar-refractivity contribution in [2.75, 3.05) is 5.75 Å². The summed E-state index contributed by atoms with van der Waals surface area (Å²) in [5.74, 6) is 2.25. The Morgan fingerprint density at radius 3 is 2.25 bits per heavy atom. The van der Waals surface area contributed by atoms with Crippen molar-refractivity contribution in [2.45, 2.75) is 19.1 Å². The average molecular weight is 353 g/mol. The van der Waals surface area contributed by atoms with E-state index < -0.39 is 0 Å². The Morgan fingerprint density at radius 1 is 0.833 bits per heavy atom. The van der Waals surface area contributed by atoms with Gasteiger partial charge in [0.1, 0.15) is 0 Å². The molecule has 2 heteroatoms. The largest absolute Gasteiger partial charge is 0.157 e. The van der Waals surface area contributed by atoms with Crippen molar-refractivity contribution in [1.29, 1.82) is 0 Å². The zero-order valence-corrected chi connectivity index (χ0v) is 15.4. The van der Waals surface area contributed by atoms with Crippen LogP contribution in [-0.2, 0) is 12.2 Å². The minimum atomic E-state index is 0.782. The van der Waals surface area contributed by atoms with Crippen LogP contribution in [0.2, 0.25) is 5.02 Å². The van der Waals surface area contributed by atoms with Gasteiger partial charge in [0.2, 0.25) is 0 Å². The Bertz CT molecular complexity index is 779. The number of thioether (sulfide) groups is 1. The average Bonchev–Trinajstić information content (AvgIpc) is 2.63. The highest BCUT2D eigenvalue weighted by atomic mass is 35.5. The lowest BCUT2D eigenvalue weighted by atomic mass is 9.95. The van der Waals surface area contributed by atoms with Gasteiger partial charge in [0.05, 0.1) is 0 Å². The van der Waals surface area contributed by atoms with Gasteiger partial charge >= 0.3 is 0 Å². The van der Waals surface area contributed by atoms with E-state index in [-0.39, 0.29) is 0 Å². The number of hydrogen-bond acceptors (Lipinski definition) is 1. The van der Waals surface area contributed by atoms with Crippen molar-refractivity contribution in [1.82, 2.24) is 0 Å². The predicted molar refractivity (Wildman–Crippen MR) is 108 cm³/mol. The summed E-state index contributed by atoms with van der Waals surface area (Å²) in [6.45, 7) is 2.20. The van der Waals surface area contributed by atoms with Gasteiger partial charge in [-0.2, -0.15) is 11.8 Å². The molecule has 0 spiro atoms. The third-order valence-electron chi connectivity index (χ3n) is 4.05. The molecule has 0 saturated heterocycles. The third kappa shape index (κ3) is 4.43. The molecule has 0 aliphatic rings. The zero-order chi connectivity index (χ0) is 16.8. The van der Waals surface area contributed by atoms with E-state index in [1.54, 1.807) is 0 Å². The molecule has 0 bridgehead atoms. The van der Waals surface area contributed by atoms with Gasteiger partial charge < -0.3 is 0 Å². The quantitative estimate of drug-likeness (QED) is 0.467. The Labute approximate surface area is 153 Å². The summed E-state index contributed by atoms with van der Waals surface area (Å²) in [6.07, 6.45) is 0.919. The molecule has 0 N–H and O–H groups in total. The zero-order valence-electron chi connectivity index (χ0n) is 13.8. The summed E-state index contributed by atoms with van der Waals surface area (Å²) in [6, 6.07) is 25.6. The molecule has 0 radical (unpaired) electrons. The molecule has 3 rings (SSSR count). The van der Waals surface area contributed by atoms with Crippen molar-refractivity contribution >= 4 is 23.4 Å². The summed E-state index contributed by atoms with van der Waals surface area (Å²) >= 11 is 8.19. The predicted octanol–water partition coefficient (Wildman–Crippen LogP) is 6.85. The third-order valence-corrected chi connectivity index (χ3v) is 5.23. The van der Waals surface area contributed by atoms with Crippen molar-refractivity contribution in [2.24, 2.45) is 0 Å². The molecule has 0 aliphatic carbocycles. The first kappa shape index (κ1) is 17.1. The molecular formula is C22H21ClS. The molecule has 0 fully saturated rings. The van der Waals surface area contributed by atoms with Crippen LogP contribution in [0.5, 0.6) is 0 Å². The number of halogens is 1. The van der Waals surface area contributed by atoms with Crippen molar-refractivity contribution < 1.29 is 0 Å². The molecular weight excluding hydrogens is 332 g/mol. The van der Waals surface area contributed by atoms with Crippen molar-refractivity contribution in [3.63, 3.8) is 0 Å². The number of hydrogen-bond donors (Lipinski definition) is 0. The van der Waals surface area contributed by atoms with Crippen LogP contribution in [-0.4, -0.2) is 5.75 Å². The molecule has 0 saturated carbocycles. The van der Waals surface area contributed by atoms with Gasteiger partial charge in [0.25, 0.3) is 0 Å². The van der Waals surface area contributed by atoms with Crippen LogP contribution in [0.3, 0.4) is 0 Å². The van der Waals surface area contributed by atoms with E-state index >= 15 is 0 Å². The summed E-state index contributed by atoms with van der Waals surface area (Å²) in [4.78, 5) is 0. The SMILES string of the molecule is CCSCc1ccc(Cc2ccc(Cl)cc2-c2ccccc2)cc1. The van der Waals surface area contributed by atoms with Gasteiger partial charge in [0.15, 0.2) is 0 Å². The lowest BCUT2D eigenvalue weighted by molar-refractivity contribution is 1.19. The molecule has 0 amide bonds. The second-order valence-electron chi connectivity index (χ2n) is 5.80. The molecule has 0 unspecified atom stereocenters. The van der Waals surface area contributed by atoms with E-state index in [1.807, 2.05) is 23.9 Å². The fourth-order valence-corrected chi connectivity index (χ4v) is 3.59. The van der Waals surface area contributed by atoms with Crippen molar-refractivity contribution in [3.05, 3.63) is 94.5 Å². The maximum Gasteiger partial charge on any atom is 0.0412 e. The van der Waals surface area contributed by atoms with Gasteiger partial charge in [-0.25, -0.2) is 0 Å². The molecule has 0 aromatic heterocycles. The van der Waals surface area contributed by atoms with Crippen LogP contribution in [0.1, 0.15) is 23.6 Å². The Morgan fingerprint density at radius 2 is 1.54 bits per heavy atom. The lowest BCUT2D eigenvalue weighted by Gasteiger charge is -2.11. The maximum absolute atomic E-state index is 6.24. The minimum Gasteiger partial charge on any atom is -0.157 e. The molecule has 24 heavy (non-hydrogen) atoms. The van der Waals surface area contributed by atoms with Crippen LogP contribution in [0.4, 0.5) is 0 Å². The fraction of sp³-hybridized carbons (Fsp3) is 0.182. The number of benzene rings is 3. The van der Waals surface area contributed by atoms with Gasteiger partial charge in [-0.3, -0.25) is 0 Å². The van der Waals surface area contributed by atoms with Crippen LogP contribution >= 0.6 is 23.4 Å². The van der Waals surface area contributed by atoms with Crippen LogP contribution in [0.25, 0.3) is 11.1 Å². The fourth-order valence-electron chi connectivity index (χ4n) is 2.78. The van der Waals surface area contributed by atoms with Crippen molar-refractivity contribution in [3.8, 4) is 11.1 Å². The molecule has 0 aliphatic heterocycles. The smallest absolute Gasteiger partial charge is 0.0412 e. The molecule has 0 atom stereocenters. The van der Waals surface area contributed by atoms with Gasteiger partial charge in [-0.1, -0.05) is 79.2 Å². The Kier molecular flexibility index (Phi) is 6.01. The molecule has 0 heterocycles. The summed E-state index contributed by atoms with van der Waals surface area (Å²) in [5, 5.41) is 0.782. The standard InChI is InChI=1S/C22H21ClS/c1-2-24-16-18-10-8-17(9-11-18)14-20-12-13-21(23)15-22(20)19-6-4-3-5-7-19/h3-13,15H,2,14,16H2,1H3. The van der Waals surface area contributed by atoms with E-state index in [9.17, 15) is 0 Å². The first-order valence-electron chi connectivity index (χ1n) is 8.25. The second-order valence-corrected chi connectivity index (χ2v) is 7.51. The highest BCUT2D eigenvalue weighted by molar-refractivity contribution is 7.98. The minimum absolute atomic E-state index is 0.782. The topological polar surface area (TPSA) is 0 Å². The van der Waals surface area contributed by atoms with E-state index in [0.29, 0.717) is 0 Å². The van der Waals surface area contributed by atoms with Crippen LogP contribution in [0.15, 0.2) is 72.8 Å². The Balaban J connectivity index is 1.85. The number of rotatable bonds is 6. The van der Waals surface area contributed by atoms with Gasteiger partial charge in [0, 0.05) is 10.8 Å². The van der Waals surface area contributed by atoms with E-state index in [4.69, 9.17) is 11.6 Å². The monoisotopic (exact) mass is 352 g/mol.